The van der Waals surface area contributed by atoms with Crippen LogP contribution in [-0.4, -0.2) is 56.2 Å². The highest BCUT2D eigenvalue weighted by Gasteiger charge is 2.19. The van der Waals surface area contributed by atoms with Gasteiger partial charge in [0.05, 0.1) is 0 Å². The Kier molecular flexibility index (Phi) is 5.22. The van der Waals surface area contributed by atoms with Crippen molar-refractivity contribution in [2.75, 3.05) is 26.2 Å². The van der Waals surface area contributed by atoms with Gasteiger partial charge in [-0.1, -0.05) is 48.0 Å². The lowest BCUT2D eigenvalue weighted by Gasteiger charge is -2.34. The van der Waals surface area contributed by atoms with Crippen molar-refractivity contribution in [3.8, 4) is 11.4 Å². The number of aromatic nitrogens is 4. The molecule has 0 saturated carbocycles. The lowest BCUT2D eigenvalue weighted by molar-refractivity contribution is 0.0924. The summed E-state index contributed by atoms with van der Waals surface area (Å²) in [5, 5.41) is 12.8. The lowest BCUT2D eigenvalue weighted by Crippen LogP contribution is -2.46. The third kappa shape index (κ3) is 4.37. The van der Waals surface area contributed by atoms with E-state index >= 15 is 0 Å². The highest BCUT2D eigenvalue weighted by Crippen LogP contribution is 2.15. The highest BCUT2D eigenvalue weighted by molar-refractivity contribution is 5.53. The molecule has 4 rings (SSSR count). The smallest absolute Gasteiger partial charge is 0.204 e. The van der Waals surface area contributed by atoms with Gasteiger partial charge in [0.1, 0.15) is 12.5 Å². The van der Waals surface area contributed by atoms with Crippen LogP contribution in [0.25, 0.3) is 11.4 Å². The van der Waals surface area contributed by atoms with Crippen molar-refractivity contribution in [3.05, 3.63) is 65.5 Å². The molecule has 0 radical (unpaired) electrons. The van der Waals surface area contributed by atoms with Gasteiger partial charge in [-0.15, -0.1) is 15.0 Å². The lowest BCUT2D eigenvalue weighted by atomic mass is 10.1. The molecule has 2 aromatic carbocycles. The van der Waals surface area contributed by atoms with E-state index in [1.165, 1.54) is 11.6 Å². The number of nitrogens with zero attached hydrogens (tertiary/aromatic N) is 6. The topological polar surface area (TPSA) is 50.1 Å². The first-order chi connectivity index (χ1) is 13.2. The minimum absolute atomic E-state index is 0.129. The van der Waals surface area contributed by atoms with Crippen molar-refractivity contribution in [3.63, 3.8) is 0 Å². The Morgan fingerprint density at radius 1 is 0.926 bits per heavy atom. The molecule has 2 heterocycles. The van der Waals surface area contributed by atoms with Gasteiger partial charge in [0.25, 0.3) is 0 Å². The maximum atomic E-state index is 13.8. The summed E-state index contributed by atoms with van der Waals surface area (Å²) >= 11 is 0. The Balaban J connectivity index is 1.31. The van der Waals surface area contributed by atoms with Crippen molar-refractivity contribution in [1.29, 1.82) is 0 Å². The van der Waals surface area contributed by atoms with E-state index in [4.69, 9.17) is 0 Å². The van der Waals surface area contributed by atoms with Gasteiger partial charge in [-0.25, -0.2) is 4.39 Å². The average Bonchev–Trinajstić information content (AvgIpc) is 3.14. The SMILES string of the molecule is Cc1ccc(-c2nnn(CN3CCN(Cc4ccccc4F)CC3)n2)cc1. The molecule has 1 fully saturated rings. The van der Waals surface area contributed by atoms with Crippen LogP contribution in [0.5, 0.6) is 0 Å². The van der Waals surface area contributed by atoms with Crippen molar-refractivity contribution in [2.24, 2.45) is 0 Å². The number of piperazine rings is 1. The summed E-state index contributed by atoms with van der Waals surface area (Å²) in [6.07, 6.45) is 0. The minimum atomic E-state index is -0.129. The molecule has 1 aromatic heterocycles. The molecular formula is C20H23FN6. The predicted octanol–water partition coefficient (Wildman–Crippen LogP) is 2.56. The Bertz CT molecular complexity index is 883. The Morgan fingerprint density at radius 2 is 1.63 bits per heavy atom. The van der Waals surface area contributed by atoms with Crippen LogP contribution in [0.2, 0.25) is 0 Å². The van der Waals surface area contributed by atoms with Gasteiger partial charge < -0.3 is 0 Å². The first kappa shape index (κ1) is 17.8. The van der Waals surface area contributed by atoms with Crippen LogP contribution in [-0.2, 0) is 13.2 Å². The van der Waals surface area contributed by atoms with Crippen LogP contribution in [0.15, 0.2) is 48.5 Å². The zero-order valence-corrected chi connectivity index (χ0v) is 15.4. The van der Waals surface area contributed by atoms with Gasteiger partial charge in [-0.05, 0) is 18.2 Å². The number of rotatable bonds is 5. The Hall–Kier alpha value is -2.64. The second-order valence-corrected chi connectivity index (χ2v) is 6.98. The van der Waals surface area contributed by atoms with Gasteiger partial charge in [0.2, 0.25) is 5.82 Å². The van der Waals surface area contributed by atoms with E-state index < -0.39 is 0 Å². The van der Waals surface area contributed by atoms with Crippen LogP contribution in [0.1, 0.15) is 11.1 Å². The summed E-state index contributed by atoms with van der Waals surface area (Å²) in [5.74, 6) is 0.517. The van der Waals surface area contributed by atoms with E-state index in [9.17, 15) is 4.39 Å². The van der Waals surface area contributed by atoms with Crippen LogP contribution in [0.4, 0.5) is 4.39 Å². The average molecular weight is 366 g/mol. The molecule has 27 heavy (non-hydrogen) atoms. The molecule has 1 aliphatic heterocycles. The van der Waals surface area contributed by atoms with Crippen molar-refractivity contribution < 1.29 is 4.39 Å². The Labute approximate surface area is 158 Å². The number of hydrogen-bond acceptors (Lipinski definition) is 5. The van der Waals surface area contributed by atoms with Gasteiger partial charge in [-0.3, -0.25) is 9.80 Å². The zero-order chi connectivity index (χ0) is 18.6. The molecule has 0 spiro atoms. The minimum Gasteiger partial charge on any atom is -0.296 e. The van der Waals surface area contributed by atoms with Crippen molar-refractivity contribution in [2.45, 2.75) is 20.1 Å². The molecule has 0 bridgehead atoms. The fraction of sp³-hybridized carbons (Fsp3) is 0.350. The van der Waals surface area contributed by atoms with Crippen LogP contribution in [0, 0.1) is 12.7 Å². The molecule has 0 aliphatic carbocycles. The summed E-state index contributed by atoms with van der Waals surface area (Å²) in [5.41, 5.74) is 2.94. The Morgan fingerprint density at radius 3 is 2.37 bits per heavy atom. The van der Waals surface area contributed by atoms with Crippen molar-refractivity contribution in [1.82, 2.24) is 30.0 Å². The molecule has 0 unspecified atom stereocenters. The number of tetrazole rings is 1. The van der Waals surface area contributed by atoms with Crippen LogP contribution < -0.4 is 0 Å². The fourth-order valence-electron chi connectivity index (χ4n) is 3.26. The van der Waals surface area contributed by atoms with E-state index in [1.807, 2.05) is 36.4 Å². The molecule has 6 nitrogen and oxygen atoms in total. The molecule has 1 saturated heterocycles. The predicted molar refractivity (Wildman–Crippen MR) is 101 cm³/mol. The number of hydrogen-bond donors (Lipinski definition) is 0. The third-order valence-corrected chi connectivity index (χ3v) is 4.91. The molecule has 7 heteroatoms. The summed E-state index contributed by atoms with van der Waals surface area (Å²) in [7, 11) is 0. The molecule has 140 valence electrons. The fourth-order valence-corrected chi connectivity index (χ4v) is 3.26. The number of halogens is 1. The standard InChI is InChI=1S/C20H23FN6/c1-16-6-8-17(9-7-16)20-22-24-27(23-20)15-26-12-10-25(11-13-26)14-18-4-2-3-5-19(18)21/h2-9H,10-15H2,1H3. The second kappa shape index (κ2) is 7.94. The molecule has 0 atom stereocenters. The molecule has 0 N–H and O–H groups in total. The molecular weight excluding hydrogens is 343 g/mol. The van der Waals surface area contributed by atoms with E-state index in [2.05, 4.69) is 32.1 Å². The van der Waals surface area contributed by atoms with Gasteiger partial charge >= 0.3 is 0 Å². The molecule has 0 amide bonds. The maximum absolute atomic E-state index is 13.8. The zero-order valence-electron chi connectivity index (χ0n) is 15.4. The first-order valence-corrected chi connectivity index (χ1v) is 9.20. The quantitative estimate of drug-likeness (QED) is 0.695. The van der Waals surface area contributed by atoms with E-state index in [0.717, 1.165) is 37.3 Å². The maximum Gasteiger partial charge on any atom is 0.204 e. The second-order valence-electron chi connectivity index (χ2n) is 6.98. The molecule has 1 aliphatic rings. The largest absolute Gasteiger partial charge is 0.296 e. The molecule has 3 aromatic rings. The first-order valence-electron chi connectivity index (χ1n) is 9.20. The van der Waals surface area contributed by atoms with E-state index in [1.54, 1.807) is 10.9 Å². The highest BCUT2D eigenvalue weighted by atomic mass is 19.1. The van der Waals surface area contributed by atoms with Crippen LogP contribution in [0.3, 0.4) is 0 Å². The van der Waals surface area contributed by atoms with Crippen molar-refractivity contribution >= 4 is 0 Å². The van der Waals surface area contributed by atoms with Gasteiger partial charge in [-0.2, -0.15) is 0 Å². The summed E-state index contributed by atoms with van der Waals surface area (Å²) < 4.78 is 13.8. The monoisotopic (exact) mass is 366 g/mol. The third-order valence-electron chi connectivity index (χ3n) is 4.91. The number of aryl methyl sites for hydroxylation is 1. The number of benzene rings is 2. The van der Waals surface area contributed by atoms with Gasteiger partial charge in [0.15, 0.2) is 0 Å². The van der Waals surface area contributed by atoms with Gasteiger partial charge in [0, 0.05) is 43.9 Å². The summed E-state index contributed by atoms with van der Waals surface area (Å²) in [6, 6.07) is 15.1. The van der Waals surface area contributed by atoms with Crippen LogP contribution >= 0.6 is 0 Å². The summed E-state index contributed by atoms with van der Waals surface area (Å²) in [4.78, 5) is 6.21. The van der Waals surface area contributed by atoms with E-state index in [-0.39, 0.29) is 5.82 Å². The van der Waals surface area contributed by atoms with E-state index in [0.29, 0.717) is 19.0 Å². The normalized spacial score (nSPS) is 15.9. The summed E-state index contributed by atoms with van der Waals surface area (Å²) in [6.45, 7) is 6.92.